The van der Waals surface area contributed by atoms with Gasteiger partial charge in [0.05, 0.1) is 0 Å². The van der Waals surface area contributed by atoms with E-state index in [0.29, 0.717) is 0 Å². The Bertz CT molecular complexity index is 771. The van der Waals surface area contributed by atoms with E-state index in [1.165, 1.54) is 39.7 Å². The molecule has 0 aliphatic heterocycles. The molecule has 0 saturated carbocycles. The van der Waals surface area contributed by atoms with Gasteiger partial charge in [0.1, 0.15) is 0 Å². The first-order valence-electron chi connectivity index (χ1n) is 7.74. The van der Waals surface area contributed by atoms with Crippen molar-refractivity contribution < 1.29 is 0 Å². The zero-order chi connectivity index (χ0) is 14.2. The number of nitrogens with two attached hydrogens (primary N) is 1. The molecule has 1 aliphatic rings. The summed E-state index contributed by atoms with van der Waals surface area (Å²) in [6.45, 7) is 0. The van der Waals surface area contributed by atoms with Gasteiger partial charge in [-0.2, -0.15) is 0 Å². The second kappa shape index (κ2) is 5.05. The van der Waals surface area contributed by atoms with E-state index in [9.17, 15) is 0 Å². The van der Waals surface area contributed by atoms with Crippen molar-refractivity contribution in [2.75, 3.05) is 0 Å². The Balaban J connectivity index is 1.74. The second-order valence-electron chi connectivity index (χ2n) is 6.06. The molecule has 3 aromatic rings. The van der Waals surface area contributed by atoms with Gasteiger partial charge in [0.2, 0.25) is 0 Å². The van der Waals surface area contributed by atoms with Gasteiger partial charge in [-0.1, -0.05) is 42.5 Å². The van der Waals surface area contributed by atoms with E-state index in [1.54, 1.807) is 0 Å². The highest BCUT2D eigenvalue weighted by Gasteiger charge is 2.21. The van der Waals surface area contributed by atoms with Crippen LogP contribution in [-0.2, 0) is 12.8 Å². The minimum atomic E-state index is 0.179. The predicted molar refractivity (Wildman–Crippen MR) is 87.4 cm³/mol. The summed E-state index contributed by atoms with van der Waals surface area (Å²) in [5, 5.41) is 1.36. The molecule has 0 amide bonds. The third-order valence-electron chi connectivity index (χ3n) is 4.57. The van der Waals surface area contributed by atoms with E-state index in [-0.39, 0.29) is 6.04 Å². The summed E-state index contributed by atoms with van der Waals surface area (Å²) in [7, 11) is 0. The molecule has 2 aromatic carbocycles. The van der Waals surface area contributed by atoms with Crippen LogP contribution in [0.3, 0.4) is 0 Å². The molecule has 1 aliphatic carbocycles. The maximum Gasteiger partial charge on any atom is 0.0462 e. The molecular weight excluding hydrogens is 256 g/mol. The highest BCUT2D eigenvalue weighted by molar-refractivity contribution is 5.85. The Morgan fingerprint density at radius 1 is 1.05 bits per heavy atom. The number of nitrogens with one attached hydrogen (secondary N) is 1. The highest BCUT2D eigenvalue weighted by atomic mass is 14.8. The lowest BCUT2D eigenvalue weighted by molar-refractivity contribution is 0.562. The standard InChI is InChI=1S/C19H20N2/c20-17-8-4-7-16-15-10-9-14(12-18(15)21-19(16)17)11-13-5-2-1-3-6-13/h1-3,5-6,9-10,12,17,21H,4,7-8,11,20H2. The molecule has 1 heterocycles. The van der Waals surface area contributed by atoms with Gasteiger partial charge in [0.15, 0.2) is 0 Å². The normalized spacial score (nSPS) is 17.9. The van der Waals surface area contributed by atoms with Gasteiger partial charge in [-0.05, 0) is 48.4 Å². The topological polar surface area (TPSA) is 41.8 Å². The van der Waals surface area contributed by atoms with Gasteiger partial charge in [0, 0.05) is 22.6 Å². The predicted octanol–water partition coefficient (Wildman–Crippen LogP) is 4.09. The highest BCUT2D eigenvalue weighted by Crippen LogP contribution is 2.33. The van der Waals surface area contributed by atoms with Gasteiger partial charge >= 0.3 is 0 Å². The summed E-state index contributed by atoms with van der Waals surface area (Å²) in [6, 6.07) is 17.6. The van der Waals surface area contributed by atoms with E-state index >= 15 is 0 Å². The van der Waals surface area contributed by atoms with Crippen LogP contribution in [0.2, 0.25) is 0 Å². The van der Waals surface area contributed by atoms with Crippen molar-refractivity contribution in [1.29, 1.82) is 0 Å². The Morgan fingerprint density at radius 2 is 1.90 bits per heavy atom. The molecule has 0 radical (unpaired) electrons. The molecular formula is C19H20N2. The summed E-state index contributed by atoms with van der Waals surface area (Å²) in [5.41, 5.74) is 12.9. The molecule has 21 heavy (non-hydrogen) atoms. The van der Waals surface area contributed by atoms with E-state index in [1.807, 2.05) is 0 Å². The molecule has 1 atom stereocenters. The molecule has 106 valence electrons. The Morgan fingerprint density at radius 3 is 2.76 bits per heavy atom. The number of rotatable bonds is 2. The van der Waals surface area contributed by atoms with Crippen molar-refractivity contribution in [2.24, 2.45) is 5.73 Å². The summed E-state index contributed by atoms with van der Waals surface area (Å²) >= 11 is 0. The number of H-pyrrole nitrogens is 1. The van der Waals surface area contributed by atoms with Crippen molar-refractivity contribution in [1.82, 2.24) is 4.98 Å². The number of benzene rings is 2. The van der Waals surface area contributed by atoms with Crippen molar-refractivity contribution in [3.63, 3.8) is 0 Å². The van der Waals surface area contributed by atoms with E-state index in [4.69, 9.17) is 5.73 Å². The number of aromatic amines is 1. The fourth-order valence-corrected chi connectivity index (χ4v) is 3.49. The lowest BCUT2D eigenvalue weighted by Crippen LogP contribution is -2.16. The van der Waals surface area contributed by atoms with Crippen molar-refractivity contribution in [3.05, 3.63) is 70.9 Å². The van der Waals surface area contributed by atoms with Crippen LogP contribution in [0, 0.1) is 0 Å². The van der Waals surface area contributed by atoms with Crippen LogP contribution in [0.15, 0.2) is 48.5 Å². The average Bonchev–Trinajstić information content (AvgIpc) is 2.88. The first kappa shape index (κ1) is 12.7. The average molecular weight is 276 g/mol. The van der Waals surface area contributed by atoms with Crippen molar-refractivity contribution in [2.45, 2.75) is 31.7 Å². The lowest BCUT2D eigenvalue weighted by Gasteiger charge is -2.18. The first-order chi connectivity index (χ1) is 10.3. The summed E-state index contributed by atoms with van der Waals surface area (Å²) in [4.78, 5) is 3.57. The van der Waals surface area contributed by atoms with Gasteiger partial charge in [0.25, 0.3) is 0 Å². The fourth-order valence-electron chi connectivity index (χ4n) is 3.49. The van der Waals surface area contributed by atoms with Crippen LogP contribution < -0.4 is 5.73 Å². The van der Waals surface area contributed by atoms with Crippen LogP contribution in [0.1, 0.15) is 41.3 Å². The molecule has 0 saturated heterocycles. The monoisotopic (exact) mass is 276 g/mol. The van der Waals surface area contributed by atoms with Gasteiger partial charge in [-0.3, -0.25) is 0 Å². The smallest absolute Gasteiger partial charge is 0.0462 e. The number of fused-ring (bicyclic) bond motifs is 3. The van der Waals surface area contributed by atoms with Crippen LogP contribution in [-0.4, -0.2) is 4.98 Å². The zero-order valence-corrected chi connectivity index (χ0v) is 12.1. The van der Waals surface area contributed by atoms with Gasteiger partial charge in [-0.25, -0.2) is 0 Å². The summed E-state index contributed by atoms with van der Waals surface area (Å²) in [6.07, 6.45) is 4.43. The Labute approximate surface area is 125 Å². The third kappa shape index (κ3) is 2.26. The van der Waals surface area contributed by atoms with E-state index in [0.717, 1.165) is 19.3 Å². The maximum absolute atomic E-state index is 6.24. The molecule has 0 bridgehead atoms. The zero-order valence-electron chi connectivity index (χ0n) is 12.1. The summed E-state index contributed by atoms with van der Waals surface area (Å²) in [5.74, 6) is 0. The summed E-state index contributed by atoms with van der Waals surface area (Å²) < 4.78 is 0. The first-order valence-corrected chi connectivity index (χ1v) is 7.74. The minimum absolute atomic E-state index is 0.179. The Hall–Kier alpha value is -2.06. The van der Waals surface area contributed by atoms with Crippen molar-refractivity contribution >= 4 is 10.9 Å². The quantitative estimate of drug-likeness (QED) is 0.727. The van der Waals surface area contributed by atoms with Crippen LogP contribution in [0.25, 0.3) is 10.9 Å². The molecule has 2 heteroatoms. The minimum Gasteiger partial charge on any atom is -0.357 e. The largest absolute Gasteiger partial charge is 0.357 e. The lowest BCUT2D eigenvalue weighted by atomic mass is 9.92. The SMILES string of the molecule is NC1CCCc2c1[nH]c1cc(Cc3ccccc3)ccc21. The van der Waals surface area contributed by atoms with Gasteiger partial charge < -0.3 is 10.7 Å². The maximum atomic E-state index is 6.24. The molecule has 0 spiro atoms. The number of hydrogen-bond donors (Lipinski definition) is 2. The van der Waals surface area contributed by atoms with Crippen molar-refractivity contribution in [3.8, 4) is 0 Å². The van der Waals surface area contributed by atoms with Crippen LogP contribution in [0.5, 0.6) is 0 Å². The molecule has 2 nitrogen and oxygen atoms in total. The molecule has 3 N–H and O–H groups in total. The third-order valence-corrected chi connectivity index (χ3v) is 4.57. The van der Waals surface area contributed by atoms with E-state index < -0.39 is 0 Å². The van der Waals surface area contributed by atoms with Crippen LogP contribution in [0.4, 0.5) is 0 Å². The fraction of sp³-hybridized carbons (Fsp3) is 0.263. The molecule has 0 fully saturated rings. The number of aromatic nitrogens is 1. The van der Waals surface area contributed by atoms with E-state index in [2.05, 4.69) is 53.5 Å². The second-order valence-corrected chi connectivity index (χ2v) is 6.06. The number of hydrogen-bond acceptors (Lipinski definition) is 1. The van der Waals surface area contributed by atoms with Gasteiger partial charge in [-0.15, -0.1) is 0 Å². The molecule has 1 unspecified atom stereocenters. The number of aryl methyl sites for hydroxylation is 1. The molecule has 4 rings (SSSR count). The molecule has 1 aromatic heterocycles. The van der Waals surface area contributed by atoms with Crippen LogP contribution >= 0.6 is 0 Å². The Kier molecular flexibility index (Phi) is 3.04.